The van der Waals surface area contributed by atoms with Crippen molar-refractivity contribution in [3.8, 4) is 0 Å². The number of alkyl halides is 3. The average molecular weight is 369 g/mol. The number of benzene rings is 1. The summed E-state index contributed by atoms with van der Waals surface area (Å²) in [5.41, 5.74) is 4.86. The minimum absolute atomic E-state index is 0.0453. The number of anilines is 1. The number of nitrogens with two attached hydrogens (primary N) is 1. The zero-order valence-electron chi connectivity index (χ0n) is 11.3. The van der Waals surface area contributed by atoms with Crippen LogP contribution in [0.15, 0.2) is 22.7 Å². The summed E-state index contributed by atoms with van der Waals surface area (Å²) in [6, 6.07) is 2.39. The molecule has 8 heteroatoms. The van der Waals surface area contributed by atoms with E-state index in [4.69, 9.17) is 10.5 Å². The van der Waals surface area contributed by atoms with Crippen LogP contribution >= 0.6 is 15.9 Å². The number of halogens is 4. The topological polar surface area (TPSA) is 64.3 Å². The van der Waals surface area contributed by atoms with Gasteiger partial charge in [-0.3, -0.25) is 4.79 Å². The molecule has 0 saturated heterocycles. The standard InChI is InChI=1S/C13H16BrF3N2O2/c1-21-4-2-3-11(18)12(20)19-10-6-8(13(15,16)17)5-9(14)7-10/h5-7,11H,2-4,18H2,1H3,(H,19,20). The Morgan fingerprint density at radius 3 is 2.67 bits per heavy atom. The van der Waals surface area contributed by atoms with Crippen molar-refractivity contribution in [1.82, 2.24) is 0 Å². The van der Waals surface area contributed by atoms with E-state index in [0.29, 0.717) is 19.4 Å². The van der Waals surface area contributed by atoms with Crippen molar-refractivity contribution in [3.05, 3.63) is 28.2 Å². The maximum Gasteiger partial charge on any atom is 0.416 e. The average Bonchev–Trinajstić information content (AvgIpc) is 2.37. The van der Waals surface area contributed by atoms with E-state index < -0.39 is 23.7 Å². The molecule has 1 amide bonds. The van der Waals surface area contributed by atoms with Crippen molar-refractivity contribution in [3.63, 3.8) is 0 Å². The summed E-state index contributed by atoms with van der Waals surface area (Å²) in [5.74, 6) is -0.530. The van der Waals surface area contributed by atoms with Crippen molar-refractivity contribution >= 4 is 27.5 Å². The maximum atomic E-state index is 12.7. The van der Waals surface area contributed by atoms with E-state index in [2.05, 4.69) is 21.2 Å². The van der Waals surface area contributed by atoms with Gasteiger partial charge in [-0.25, -0.2) is 0 Å². The molecule has 0 aliphatic rings. The van der Waals surface area contributed by atoms with E-state index in [-0.39, 0.29) is 10.2 Å². The van der Waals surface area contributed by atoms with Crippen LogP contribution in [0.4, 0.5) is 18.9 Å². The molecular weight excluding hydrogens is 353 g/mol. The number of nitrogens with one attached hydrogen (secondary N) is 1. The van der Waals surface area contributed by atoms with Crippen molar-refractivity contribution in [2.75, 3.05) is 19.0 Å². The third kappa shape index (κ3) is 6.03. The van der Waals surface area contributed by atoms with Gasteiger partial charge in [-0.05, 0) is 31.0 Å². The molecule has 118 valence electrons. The highest BCUT2D eigenvalue weighted by atomic mass is 79.9. The van der Waals surface area contributed by atoms with Gasteiger partial charge >= 0.3 is 6.18 Å². The Labute approximate surface area is 129 Å². The van der Waals surface area contributed by atoms with Gasteiger partial charge in [-0.2, -0.15) is 13.2 Å². The molecule has 0 spiro atoms. The van der Waals surface area contributed by atoms with Crippen LogP contribution in [0, 0.1) is 0 Å². The third-order valence-electron chi connectivity index (χ3n) is 2.69. The van der Waals surface area contributed by atoms with E-state index in [9.17, 15) is 18.0 Å². The van der Waals surface area contributed by atoms with Crippen LogP contribution in [0.3, 0.4) is 0 Å². The van der Waals surface area contributed by atoms with Gasteiger partial charge in [0.1, 0.15) is 0 Å². The summed E-state index contributed by atoms with van der Waals surface area (Å²) in [4.78, 5) is 11.8. The first-order valence-corrected chi connectivity index (χ1v) is 6.96. The van der Waals surface area contributed by atoms with Crippen LogP contribution in [-0.4, -0.2) is 25.7 Å². The first-order valence-electron chi connectivity index (χ1n) is 6.17. The fraction of sp³-hybridized carbons (Fsp3) is 0.462. The molecule has 21 heavy (non-hydrogen) atoms. The highest BCUT2D eigenvalue weighted by molar-refractivity contribution is 9.10. The highest BCUT2D eigenvalue weighted by Crippen LogP contribution is 2.33. The van der Waals surface area contributed by atoms with E-state index in [1.807, 2.05) is 0 Å². The Morgan fingerprint density at radius 2 is 2.10 bits per heavy atom. The molecule has 0 aromatic heterocycles. The lowest BCUT2D eigenvalue weighted by molar-refractivity contribution is -0.137. The van der Waals surface area contributed by atoms with E-state index in [1.165, 1.54) is 13.2 Å². The largest absolute Gasteiger partial charge is 0.416 e. The molecule has 0 saturated carbocycles. The first-order chi connectivity index (χ1) is 9.74. The van der Waals surface area contributed by atoms with Crippen molar-refractivity contribution in [2.45, 2.75) is 25.1 Å². The Hall–Kier alpha value is -1.12. The van der Waals surface area contributed by atoms with Crippen LogP contribution in [0.2, 0.25) is 0 Å². The maximum absolute atomic E-state index is 12.7. The minimum Gasteiger partial charge on any atom is -0.385 e. The second kappa shape index (κ2) is 7.77. The van der Waals surface area contributed by atoms with Crippen LogP contribution in [0.1, 0.15) is 18.4 Å². The van der Waals surface area contributed by atoms with Crippen LogP contribution in [0.5, 0.6) is 0 Å². The van der Waals surface area contributed by atoms with Crippen LogP contribution in [-0.2, 0) is 15.7 Å². The van der Waals surface area contributed by atoms with E-state index >= 15 is 0 Å². The molecule has 0 heterocycles. The summed E-state index contributed by atoms with van der Waals surface area (Å²) in [6.45, 7) is 0.468. The summed E-state index contributed by atoms with van der Waals surface area (Å²) in [6.07, 6.45) is -3.50. The Kier molecular flexibility index (Phi) is 6.63. The molecule has 0 aliphatic heterocycles. The summed E-state index contributed by atoms with van der Waals surface area (Å²) >= 11 is 2.98. The second-order valence-electron chi connectivity index (χ2n) is 4.46. The summed E-state index contributed by atoms with van der Waals surface area (Å²) in [7, 11) is 1.53. The first kappa shape index (κ1) is 17.9. The fourth-order valence-electron chi connectivity index (χ4n) is 1.64. The highest BCUT2D eigenvalue weighted by Gasteiger charge is 2.31. The van der Waals surface area contributed by atoms with E-state index in [0.717, 1.165) is 12.1 Å². The zero-order chi connectivity index (χ0) is 16.0. The lowest BCUT2D eigenvalue weighted by atomic mass is 10.1. The number of amides is 1. The molecule has 1 rings (SSSR count). The summed E-state index contributed by atoms with van der Waals surface area (Å²) in [5, 5.41) is 2.39. The molecule has 0 radical (unpaired) electrons. The predicted molar refractivity (Wildman–Crippen MR) is 76.9 cm³/mol. The third-order valence-corrected chi connectivity index (χ3v) is 3.15. The Bertz CT molecular complexity index is 495. The van der Waals surface area contributed by atoms with Gasteiger partial charge < -0.3 is 15.8 Å². The van der Waals surface area contributed by atoms with Gasteiger partial charge in [0.25, 0.3) is 0 Å². The Balaban J connectivity index is 2.74. The van der Waals surface area contributed by atoms with Crippen molar-refractivity contribution in [2.24, 2.45) is 5.73 Å². The van der Waals surface area contributed by atoms with Gasteiger partial charge in [0, 0.05) is 23.9 Å². The van der Waals surface area contributed by atoms with E-state index in [1.54, 1.807) is 0 Å². The number of carbonyl (C=O) groups excluding carboxylic acids is 1. The number of methoxy groups -OCH3 is 1. The molecular formula is C13H16BrF3N2O2. The van der Waals surface area contributed by atoms with Crippen LogP contribution in [0.25, 0.3) is 0 Å². The van der Waals surface area contributed by atoms with Crippen molar-refractivity contribution < 1.29 is 22.7 Å². The molecule has 0 fully saturated rings. The molecule has 0 aliphatic carbocycles. The minimum atomic E-state index is -4.48. The van der Waals surface area contributed by atoms with Crippen LogP contribution < -0.4 is 11.1 Å². The lowest BCUT2D eigenvalue weighted by Crippen LogP contribution is -2.35. The van der Waals surface area contributed by atoms with Gasteiger partial charge in [0.2, 0.25) is 5.91 Å². The number of ether oxygens (including phenoxy) is 1. The monoisotopic (exact) mass is 368 g/mol. The van der Waals surface area contributed by atoms with Crippen molar-refractivity contribution in [1.29, 1.82) is 0 Å². The smallest absolute Gasteiger partial charge is 0.385 e. The quantitative estimate of drug-likeness (QED) is 0.758. The molecule has 1 aromatic rings. The normalized spacial score (nSPS) is 13.0. The fourth-order valence-corrected chi connectivity index (χ4v) is 2.13. The lowest BCUT2D eigenvalue weighted by Gasteiger charge is -2.14. The molecule has 4 nitrogen and oxygen atoms in total. The molecule has 0 bridgehead atoms. The van der Waals surface area contributed by atoms with Gasteiger partial charge in [0.15, 0.2) is 0 Å². The molecule has 1 unspecified atom stereocenters. The van der Waals surface area contributed by atoms with Gasteiger partial charge in [-0.15, -0.1) is 0 Å². The molecule has 3 N–H and O–H groups in total. The second-order valence-corrected chi connectivity index (χ2v) is 5.37. The molecule has 1 aromatic carbocycles. The SMILES string of the molecule is COCCCC(N)C(=O)Nc1cc(Br)cc(C(F)(F)F)c1. The van der Waals surface area contributed by atoms with Gasteiger partial charge in [0.05, 0.1) is 11.6 Å². The number of hydrogen-bond acceptors (Lipinski definition) is 3. The predicted octanol–water partition coefficient (Wildman–Crippen LogP) is 3.16. The molecule has 1 atom stereocenters. The summed E-state index contributed by atoms with van der Waals surface area (Å²) < 4.78 is 43.1. The number of hydrogen-bond donors (Lipinski definition) is 2. The number of carbonyl (C=O) groups is 1. The zero-order valence-corrected chi connectivity index (χ0v) is 12.9. The Morgan fingerprint density at radius 1 is 1.43 bits per heavy atom. The number of rotatable bonds is 6. The van der Waals surface area contributed by atoms with Gasteiger partial charge in [-0.1, -0.05) is 15.9 Å².